The zero-order chi connectivity index (χ0) is 21.2. The molecule has 31 heavy (non-hydrogen) atoms. The van der Waals surface area contributed by atoms with E-state index in [0.717, 1.165) is 27.8 Å². The number of fused-ring (bicyclic) bond motifs is 2. The largest absolute Gasteiger partial charge is 0.473 e. The molecule has 0 radical (unpaired) electrons. The van der Waals surface area contributed by atoms with Crippen molar-refractivity contribution in [3.63, 3.8) is 0 Å². The van der Waals surface area contributed by atoms with Crippen LogP contribution in [0.4, 0.5) is 4.39 Å². The molecule has 7 heteroatoms. The molecule has 0 saturated carbocycles. The zero-order valence-corrected chi connectivity index (χ0v) is 16.9. The van der Waals surface area contributed by atoms with Gasteiger partial charge >= 0.3 is 0 Å². The quantitative estimate of drug-likeness (QED) is 0.447. The average Bonchev–Trinajstić information content (AvgIpc) is 3.46. The third-order valence-electron chi connectivity index (χ3n) is 5.18. The Hall–Kier alpha value is -3.58. The predicted molar refractivity (Wildman–Crippen MR) is 113 cm³/mol. The van der Waals surface area contributed by atoms with Crippen molar-refractivity contribution in [3.8, 4) is 17.4 Å². The molecule has 0 saturated heterocycles. The molecule has 0 fully saturated rings. The number of pyridine rings is 1. The van der Waals surface area contributed by atoms with Crippen molar-refractivity contribution in [1.82, 2.24) is 10.3 Å². The highest BCUT2D eigenvalue weighted by Crippen LogP contribution is 2.37. The van der Waals surface area contributed by atoms with Gasteiger partial charge in [-0.15, -0.1) is 0 Å². The van der Waals surface area contributed by atoms with Crippen molar-refractivity contribution in [1.29, 1.82) is 0 Å². The molecule has 1 unspecified atom stereocenters. The Bertz CT molecular complexity index is 1210. The first kappa shape index (κ1) is 19.4. The van der Waals surface area contributed by atoms with Gasteiger partial charge in [0.2, 0.25) is 12.7 Å². The van der Waals surface area contributed by atoms with Crippen LogP contribution in [-0.2, 0) is 13.2 Å². The summed E-state index contributed by atoms with van der Waals surface area (Å²) in [4.78, 5) is 4.72. The van der Waals surface area contributed by atoms with E-state index in [9.17, 15) is 4.39 Å². The number of halogens is 1. The molecule has 5 rings (SSSR count). The Kier molecular flexibility index (Phi) is 5.18. The number of benzene rings is 2. The number of rotatable bonds is 7. The van der Waals surface area contributed by atoms with E-state index in [0.29, 0.717) is 23.9 Å². The normalized spacial score (nSPS) is 13.5. The average molecular weight is 420 g/mol. The van der Waals surface area contributed by atoms with Crippen molar-refractivity contribution in [2.75, 3.05) is 6.79 Å². The van der Waals surface area contributed by atoms with Gasteiger partial charge in [-0.2, -0.15) is 0 Å². The summed E-state index contributed by atoms with van der Waals surface area (Å²) < 4.78 is 36.0. The van der Waals surface area contributed by atoms with Crippen molar-refractivity contribution in [3.05, 3.63) is 83.6 Å². The lowest BCUT2D eigenvalue weighted by atomic mass is 10.1. The second-order valence-electron chi connectivity index (χ2n) is 7.39. The first-order valence-electron chi connectivity index (χ1n) is 10.0. The van der Waals surface area contributed by atoms with Gasteiger partial charge < -0.3 is 23.9 Å². The van der Waals surface area contributed by atoms with Crippen LogP contribution in [0.25, 0.3) is 10.9 Å². The van der Waals surface area contributed by atoms with E-state index in [1.165, 1.54) is 12.1 Å². The van der Waals surface area contributed by atoms with Gasteiger partial charge in [-0.25, -0.2) is 9.37 Å². The van der Waals surface area contributed by atoms with Crippen LogP contribution in [0, 0.1) is 5.82 Å². The van der Waals surface area contributed by atoms with Crippen LogP contribution in [0.1, 0.15) is 29.9 Å². The molecule has 6 nitrogen and oxygen atoms in total. The van der Waals surface area contributed by atoms with E-state index in [1.807, 2.05) is 43.3 Å². The summed E-state index contributed by atoms with van der Waals surface area (Å²) in [6, 6.07) is 15.9. The summed E-state index contributed by atoms with van der Waals surface area (Å²) in [6.45, 7) is 2.95. The Morgan fingerprint density at radius 1 is 1.10 bits per heavy atom. The monoisotopic (exact) mass is 420 g/mol. The topological polar surface area (TPSA) is 65.8 Å². The van der Waals surface area contributed by atoms with Gasteiger partial charge in [-0.05, 0) is 48.9 Å². The molecule has 0 aliphatic carbocycles. The van der Waals surface area contributed by atoms with E-state index < -0.39 is 0 Å². The molecule has 2 aromatic heterocycles. The molecule has 1 aliphatic heterocycles. The molecule has 3 heterocycles. The van der Waals surface area contributed by atoms with E-state index >= 15 is 0 Å². The number of hydrogen-bond acceptors (Lipinski definition) is 6. The van der Waals surface area contributed by atoms with Gasteiger partial charge in [0.05, 0.1) is 17.8 Å². The van der Waals surface area contributed by atoms with Crippen molar-refractivity contribution < 1.29 is 23.0 Å². The fourth-order valence-corrected chi connectivity index (χ4v) is 3.52. The summed E-state index contributed by atoms with van der Waals surface area (Å²) in [5.74, 6) is 2.39. The summed E-state index contributed by atoms with van der Waals surface area (Å²) in [6.07, 6.45) is 1.65. The highest BCUT2D eigenvalue weighted by Gasteiger charge is 2.18. The van der Waals surface area contributed by atoms with Crippen molar-refractivity contribution >= 4 is 10.9 Å². The van der Waals surface area contributed by atoms with Gasteiger partial charge in [-0.3, -0.25) is 0 Å². The lowest BCUT2D eigenvalue weighted by molar-refractivity contribution is 0.174. The van der Waals surface area contributed by atoms with Gasteiger partial charge in [0, 0.05) is 23.6 Å². The molecule has 2 aromatic carbocycles. The molecular formula is C24H21FN2O4. The molecular weight excluding hydrogens is 399 g/mol. The van der Waals surface area contributed by atoms with E-state index in [4.69, 9.17) is 23.6 Å². The molecule has 1 N–H and O–H groups in total. The number of nitrogens with zero attached hydrogens (tertiary/aromatic N) is 1. The van der Waals surface area contributed by atoms with Gasteiger partial charge in [0.1, 0.15) is 18.2 Å². The highest BCUT2D eigenvalue weighted by atomic mass is 19.1. The lowest BCUT2D eigenvalue weighted by Gasteiger charge is -2.15. The minimum Gasteiger partial charge on any atom is -0.473 e. The van der Waals surface area contributed by atoms with Crippen LogP contribution in [0.5, 0.6) is 17.4 Å². The maximum Gasteiger partial charge on any atom is 0.231 e. The summed E-state index contributed by atoms with van der Waals surface area (Å²) >= 11 is 0. The van der Waals surface area contributed by atoms with E-state index in [1.54, 1.807) is 12.3 Å². The number of aromatic nitrogens is 1. The van der Waals surface area contributed by atoms with Gasteiger partial charge in [0.25, 0.3) is 0 Å². The Balaban J connectivity index is 1.44. The fourth-order valence-electron chi connectivity index (χ4n) is 3.52. The van der Waals surface area contributed by atoms with Gasteiger partial charge in [0.15, 0.2) is 11.5 Å². The molecule has 1 atom stereocenters. The van der Waals surface area contributed by atoms with Crippen LogP contribution >= 0.6 is 0 Å². The highest BCUT2D eigenvalue weighted by molar-refractivity contribution is 5.84. The number of nitrogens with one attached hydrogen (secondary N) is 1. The van der Waals surface area contributed by atoms with Crippen LogP contribution < -0.4 is 19.5 Å². The first-order valence-corrected chi connectivity index (χ1v) is 10.0. The SMILES string of the molecule is CC(NCc1cc2cc3c(cc2nc1OCc1cccc(F)c1)OCO3)c1ccco1. The molecule has 0 bridgehead atoms. The van der Waals surface area contributed by atoms with E-state index in [2.05, 4.69) is 5.32 Å². The third-order valence-corrected chi connectivity index (χ3v) is 5.18. The Labute approximate surface area is 178 Å². The van der Waals surface area contributed by atoms with Crippen molar-refractivity contribution in [2.24, 2.45) is 0 Å². The number of furan rings is 1. The second kappa shape index (κ2) is 8.28. The third kappa shape index (κ3) is 4.18. The minimum absolute atomic E-state index is 0.0125. The minimum atomic E-state index is -0.297. The lowest BCUT2D eigenvalue weighted by Crippen LogP contribution is -2.18. The molecule has 0 amide bonds. The standard InChI is InChI=1S/C24H21FN2O4/c1-15(21-6-3-7-28-21)26-12-18-9-17-10-22-23(31-14-30-22)11-20(17)27-24(18)29-13-16-4-2-5-19(25)8-16/h2-11,15,26H,12-14H2,1H3. The van der Waals surface area contributed by atoms with Crippen LogP contribution in [-0.4, -0.2) is 11.8 Å². The predicted octanol–water partition coefficient (Wildman–Crippen LogP) is 5.13. The molecule has 158 valence electrons. The zero-order valence-electron chi connectivity index (χ0n) is 16.9. The number of ether oxygens (including phenoxy) is 3. The maximum absolute atomic E-state index is 13.5. The van der Waals surface area contributed by atoms with Crippen LogP contribution in [0.2, 0.25) is 0 Å². The maximum atomic E-state index is 13.5. The fraction of sp³-hybridized carbons (Fsp3) is 0.208. The Morgan fingerprint density at radius 3 is 2.77 bits per heavy atom. The van der Waals surface area contributed by atoms with Crippen molar-refractivity contribution in [2.45, 2.75) is 26.1 Å². The van der Waals surface area contributed by atoms with Crippen LogP contribution in [0.3, 0.4) is 0 Å². The molecule has 1 aliphatic rings. The first-order chi connectivity index (χ1) is 15.2. The molecule has 0 spiro atoms. The summed E-state index contributed by atoms with van der Waals surface area (Å²) in [5.41, 5.74) is 2.35. The smallest absolute Gasteiger partial charge is 0.231 e. The summed E-state index contributed by atoms with van der Waals surface area (Å²) in [7, 11) is 0. The number of hydrogen-bond donors (Lipinski definition) is 1. The Morgan fingerprint density at radius 2 is 1.97 bits per heavy atom. The molecule has 4 aromatic rings. The van der Waals surface area contributed by atoms with Gasteiger partial charge in [-0.1, -0.05) is 12.1 Å². The second-order valence-corrected chi connectivity index (χ2v) is 7.39. The van der Waals surface area contributed by atoms with Crippen LogP contribution in [0.15, 0.2) is 65.3 Å². The summed E-state index contributed by atoms with van der Waals surface area (Å²) in [5, 5.41) is 4.36. The van der Waals surface area contributed by atoms with E-state index in [-0.39, 0.29) is 25.3 Å².